The molecule has 1 aliphatic heterocycles. The van der Waals surface area contributed by atoms with Gasteiger partial charge in [-0.25, -0.2) is 4.79 Å². The minimum Gasteiger partial charge on any atom is -0.444 e. The largest absolute Gasteiger partial charge is 0.444 e. The Hall–Kier alpha value is -1.56. The van der Waals surface area contributed by atoms with Gasteiger partial charge < -0.3 is 15.4 Å². The fourth-order valence-electron chi connectivity index (χ4n) is 2.64. The van der Waals surface area contributed by atoms with Crippen molar-refractivity contribution in [2.45, 2.75) is 44.8 Å². The maximum atomic E-state index is 12.1. The van der Waals surface area contributed by atoms with E-state index in [1.165, 1.54) is 0 Å². The number of carbonyl (C=O) groups excluding carboxylic acids is 1. The molecule has 1 unspecified atom stereocenters. The summed E-state index contributed by atoms with van der Waals surface area (Å²) < 4.78 is 7.21. The zero-order chi connectivity index (χ0) is 14.8. The second-order valence-corrected chi connectivity index (χ2v) is 6.33. The van der Waals surface area contributed by atoms with E-state index in [1.54, 1.807) is 6.20 Å². The Morgan fingerprint density at radius 3 is 2.80 bits per heavy atom. The highest BCUT2D eigenvalue weighted by atomic mass is 16.6. The fourth-order valence-corrected chi connectivity index (χ4v) is 2.64. The zero-order valence-corrected chi connectivity index (χ0v) is 12.7. The number of hydrogen-bond donors (Lipinski definition) is 2. The Bertz CT molecular complexity index is 470. The van der Waals surface area contributed by atoms with Gasteiger partial charge in [-0.05, 0) is 46.2 Å². The molecule has 1 fully saturated rings. The first kappa shape index (κ1) is 14.8. The first-order chi connectivity index (χ1) is 9.32. The molecule has 6 heteroatoms. The summed E-state index contributed by atoms with van der Waals surface area (Å²) in [5.74, 6) is 0. The number of hydrogen-bond acceptors (Lipinski definition) is 4. The quantitative estimate of drug-likeness (QED) is 0.862. The standard InChI is InChI=1S/C14H24N4O2/c1-13(2,3)20-12(19)17-14(7-5-8-15-10-14)11-6-9-16-18(11)4/h6,9,15H,5,7-8,10H2,1-4H3,(H,17,19). The smallest absolute Gasteiger partial charge is 0.408 e. The van der Waals surface area contributed by atoms with E-state index in [1.807, 2.05) is 38.6 Å². The van der Waals surface area contributed by atoms with E-state index in [0.717, 1.165) is 25.1 Å². The zero-order valence-electron chi connectivity index (χ0n) is 12.7. The van der Waals surface area contributed by atoms with E-state index >= 15 is 0 Å². The molecule has 2 N–H and O–H groups in total. The molecule has 1 aromatic heterocycles. The van der Waals surface area contributed by atoms with E-state index in [0.29, 0.717) is 6.54 Å². The number of carbonyl (C=O) groups is 1. The number of nitrogens with one attached hydrogen (secondary N) is 2. The summed E-state index contributed by atoms with van der Waals surface area (Å²) >= 11 is 0. The minimum absolute atomic E-state index is 0.387. The third-order valence-corrected chi connectivity index (χ3v) is 3.44. The summed E-state index contributed by atoms with van der Waals surface area (Å²) in [6.45, 7) is 7.24. The van der Waals surface area contributed by atoms with Crippen molar-refractivity contribution in [1.82, 2.24) is 20.4 Å². The van der Waals surface area contributed by atoms with Gasteiger partial charge in [-0.15, -0.1) is 0 Å². The van der Waals surface area contributed by atoms with Gasteiger partial charge in [0.05, 0.1) is 11.2 Å². The molecule has 0 aromatic carbocycles. The van der Waals surface area contributed by atoms with Gasteiger partial charge in [-0.3, -0.25) is 4.68 Å². The lowest BCUT2D eigenvalue weighted by molar-refractivity contribution is 0.0424. The molecule has 0 radical (unpaired) electrons. The van der Waals surface area contributed by atoms with Crippen molar-refractivity contribution in [3.8, 4) is 0 Å². The number of amides is 1. The molecular formula is C14H24N4O2. The number of alkyl carbamates (subject to hydrolysis) is 1. The van der Waals surface area contributed by atoms with Crippen LogP contribution in [0.1, 0.15) is 39.3 Å². The van der Waals surface area contributed by atoms with Gasteiger partial charge in [-0.1, -0.05) is 0 Å². The molecule has 1 atom stereocenters. The molecule has 2 rings (SSSR count). The molecule has 2 heterocycles. The van der Waals surface area contributed by atoms with Crippen LogP contribution in [0.5, 0.6) is 0 Å². The van der Waals surface area contributed by atoms with Crippen molar-refractivity contribution in [3.63, 3.8) is 0 Å². The van der Waals surface area contributed by atoms with Crippen molar-refractivity contribution < 1.29 is 9.53 Å². The van der Waals surface area contributed by atoms with Crippen molar-refractivity contribution >= 4 is 6.09 Å². The molecule has 0 spiro atoms. The number of aryl methyl sites for hydroxylation is 1. The van der Waals surface area contributed by atoms with Gasteiger partial charge in [-0.2, -0.15) is 5.10 Å². The lowest BCUT2D eigenvalue weighted by Crippen LogP contribution is -2.56. The summed E-state index contributed by atoms with van der Waals surface area (Å²) in [5.41, 5.74) is 0.0432. The van der Waals surface area contributed by atoms with Crippen molar-refractivity contribution in [1.29, 1.82) is 0 Å². The normalized spacial score (nSPS) is 23.4. The van der Waals surface area contributed by atoms with Crippen molar-refractivity contribution in [2.75, 3.05) is 13.1 Å². The van der Waals surface area contributed by atoms with Gasteiger partial charge in [0.1, 0.15) is 5.60 Å². The second-order valence-electron chi connectivity index (χ2n) is 6.33. The fraction of sp³-hybridized carbons (Fsp3) is 0.714. The molecule has 20 heavy (non-hydrogen) atoms. The van der Waals surface area contributed by atoms with Gasteiger partial charge >= 0.3 is 6.09 Å². The molecule has 1 aromatic rings. The Morgan fingerprint density at radius 1 is 1.55 bits per heavy atom. The highest BCUT2D eigenvalue weighted by Crippen LogP contribution is 2.28. The van der Waals surface area contributed by atoms with E-state index in [9.17, 15) is 4.79 Å². The van der Waals surface area contributed by atoms with E-state index in [2.05, 4.69) is 15.7 Å². The van der Waals surface area contributed by atoms with Crippen LogP contribution in [0, 0.1) is 0 Å². The average molecular weight is 280 g/mol. The maximum absolute atomic E-state index is 12.1. The summed E-state index contributed by atoms with van der Waals surface area (Å²) in [7, 11) is 1.89. The summed E-state index contributed by atoms with van der Waals surface area (Å²) in [4.78, 5) is 12.1. The molecule has 6 nitrogen and oxygen atoms in total. The van der Waals surface area contributed by atoms with Gasteiger partial charge in [0.25, 0.3) is 0 Å². The number of nitrogens with zero attached hydrogens (tertiary/aromatic N) is 2. The first-order valence-corrected chi connectivity index (χ1v) is 7.03. The molecule has 112 valence electrons. The SMILES string of the molecule is Cn1nccc1C1(NC(=O)OC(C)(C)C)CCCNC1. The van der Waals surface area contributed by atoms with Gasteiger partial charge in [0.2, 0.25) is 0 Å². The Balaban J connectivity index is 2.20. The highest BCUT2D eigenvalue weighted by Gasteiger charge is 2.38. The van der Waals surface area contributed by atoms with Crippen molar-refractivity contribution in [3.05, 3.63) is 18.0 Å². The summed E-state index contributed by atoms with van der Waals surface area (Å²) in [6, 6.07) is 1.95. The van der Waals surface area contributed by atoms with Gasteiger partial charge in [0, 0.05) is 19.8 Å². The van der Waals surface area contributed by atoms with Crippen LogP contribution in [-0.2, 0) is 17.3 Å². The highest BCUT2D eigenvalue weighted by molar-refractivity contribution is 5.69. The Kier molecular flexibility index (Phi) is 4.04. The summed E-state index contributed by atoms with van der Waals surface area (Å²) in [5, 5.41) is 10.6. The van der Waals surface area contributed by atoms with Crippen LogP contribution >= 0.6 is 0 Å². The molecule has 0 aliphatic carbocycles. The van der Waals surface area contributed by atoms with Crippen LogP contribution < -0.4 is 10.6 Å². The average Bonchev–Trinajstić information content (AvgIpc) is 2.74. The lowest BCUT2D eigenvalue weighted by Gasteiger charge is -2.38. The lowest BCUT2D eigenvalue weighted by atomic mass is 9.86. The third kappa shape index (κ3) is 3.30. The molecular weight excluding hydrogens is 256 g/mol. The predicted molar refractivity (Wildman–Crippen MR) is 76.4 cm³/mol. The first-order valence-electron chi connectivity index (χ1n) is 7.03. The Morgan fingerprint density at radius 2 is 2.30 bits per heavy atom. The number of ether oxygens (including phenoxy) is 1. The van der Waals surface area contributed by atoms with Crippen LogP contribution in [0.25, 0.3) is 0 Å². The number of aromatic nitrogens is 2. The van der Waals surface area contributed by atoms with Crippen molar-refractivity contribution in [2.24, 2.45) is 7.05 Å². The molecule has 0 saturated carbocycles. The molecule has 1 saturated heterocycles. The van der Waals surface area contributed by atoms with Crippen LogP contribution in [0.4, 0.5) is 4.79 Å². The summed E-state index contributed by atoms with van der Waals surface area (Å²) in [6.07, 6.45) is 3.24. The molecule has 1 aliphatic rings. The van der Waals surface area contributed by atoms with E-state index < -0.39 is 11.1 Å². The van der Waals surface area contributed by atoms with E-state index in [4.69, 9.17) is 4.74 Å². The van der Waals surface area contributed by atoms with Crippen LogP contribution in [0.2, 0.25) is 0 Å². The predicted octanol–water partition coefficient (Wildman–Crippen LogP) is 1.52. The molecule has 1 amide bonds. The van der Waals surface area contributed by atoms with Crippen LogP contribution in [-0.4, -0.2) is 34.6 Å². The van der Waals surface area contributed by atoms with Gasteiger partial charge in [0.15, 0.2) is 0 Å². The maximum Gasteiger partial charge on any atom is 0.408 e. The van der Waals surface area contributed by atoms with Crippen LogP contribution in [0.15, 0.2) is 12.3 Å². The topological polar surface area (TPSA) is 68.2 Å². The second kappa shape index (κ2) is 5.44. The monoisotopic (exact) mass is 280 g/mol. The number of rotatable bonds is 2. The van der Waals surface area contributed by atoms with Crippen LogP contribution in [0.3, 0.4) is 0 Å². The third-order valence-electron chi connectivity index (χ3n) is 3.44. The number of piperidine rings is 1. The minimum atomic E-state index is -0.500. The molecule has 0 bridgehead atoms. The van der Waals surface area contributed by atoms with E-state index in [-0.39, 0.29) is 6.09 Å². The Labute approximate surface area is 119 Å².